The number of nitrogens with one attached hydrogen (secondary N) is 1. The van der Waals surface area contributed by atoms with Gasteiger partial charge in [0, 0.05) is 25.3 Å². The number of halogens is 1. The van der Waals surface area contributed by atoms with Gasteiger partial charge in [-0.15, -0.1) is 24.2 Å². The number of carbonyl (C=O) groups excluding carboxylic acids is 2. The van der Waals surface area contributed by atoms with E-state index in [-0.39, 0.29) is 36.1 Å². The second-order valence-electron chi connectivity index (χ2n) is 4.29. The summed E-state index contributed by atoms with van der Waals surface area (Å²) >= 11 is 1.74. The third-order valence-electron chi connectivity index (χ3n) is 3.23. The SMILES string of the molecule is CNC(=O)[C@H]1C[C@H]1[C@H](N)C(=O)N1CCSC1.Cl. The fraction of sp³-hybridized carbons (Fsp3) is 0.800. The molecule has 3 atom stereocenters. The Morgan fingerprint density at radius 2 is 2.24 bits per heavy atom. The minimum Gasteiger partial charge on any atom is -0.359 e. The second-order valence-corrected chi connectivity index (χ2v) is 5.36. The van der Waals surface area contributed by atoms with Gasteiger partial charge in [-0.25, -0.2) is 0 Å². The van der Waals surface area contributed by atoms with Crippen LogP contribution in [0, 0.1) is 11.8 Å². The predicted octanol–water partition coefficient (Wildman–Crippen LogP) is -0.350. The number of amides is 2. The van der Waals surface area contributed by atoms with Crippen LogP contribution in [0.2, 0.25) is 0 Å². The Kier molecular flexibility index (Phi) is 5.09. The quantitative estimate of drug-likeness (QED) is 0.741. The average Bonchev–Trinajstić information content (AvgIpc) is 2.91. The van der Waals surface area contributed by atoms with Crippen LogP contribution in [0.1, 0.15) is 6.42 Å². The fourth-order valence-corrected chi connectivity index (χ4v) is 3.04. The Morgan fingerprint density at radius 3 is 2.76 bits per heavy atom. The van der Waals surface area contributed by atoms with Crippen LogP contribution in [0.3, 0.4) is 0 Å². The van der Waals surface area contributed by atoms with E-state index in [4.69, 9.17) is 5.73 Å². The first-order valence-electron chi connectivity index (χ1n) is 5.49. The third-order valence-corrected chi connectivity index (χ3v) is 4.20. The van der Waals surface area contributed by atoms with Crippen LogP contribution in [0.25, 0.3) is 0 Å². The Morgan fingerprint density at radius 1 is 1.53 bits per heavy atom. The molecule has 1 aliphatic carbocycles. The highest BCUT2D eigenvalue weighted by Crippen LogP contribution is 2.41. The van der Waals surface area contributed by atoms with Gasteiger partial charge in [0.2, 0.25) is 11.8 Å². The van der Waals surface area contributed by atoms with Gasteiger partial charge in [-0.2, -0.15) is 0 Å². The first-order valence-corrected chi connectivity index (χ1v) is 6.64. The zero-order valence-electron chi connectivity index (χ0n) is 9.72. The molecule has 1 heterocycles. The third kappa shape index (κ3) is 3.05. The molecule has 0 spiro atoms. The zero-order chi connectivity index (χ0) is 11.7. The van der Waals surface area contributed by atoms with Crippen LogP contribution in [0.15, 0.2) is 0 Å². The van der Waals surface area contributed by atoms with Crippen LogP contribution in [-0.4, -0.2) is 48.0 Å². The number of thioether (sulfide) groups is 1. The molecular weight excluding hydrogens is 262 g/mol. The van der Waals surface area contributed by atoms with E-state index in [2.05, 4.69) is 5.32 Å². The van der Waals surface area contributed by atoms with Crippen molar-refractivity contribution in [2.75, 3.05) is 25.2 Å². The molecule has 0 aromatic rings. The van der Waals surface area contributed by atoms with E-state index >= 15 is 0 Å². The van der Waals surface area contributed by atoms with E-state index in [0.29, 0.717) is 0 Å². The number of rotatable bonds is 3. The Balaban J connectivity index is 0.00000144. The number of hydrogen-bond acceptors (Lipinski definition) is 4. The van der Waals surface area contributed by atoms with Crippen molar-refractivity contribution < 1.29 is 9.59 Å². The van der Waals surface area contributed by atoms with Crippen LogP contribution >= 0.6 is 24.2 Å². The zero-order valence-corrected chi connectivity index (χ0v) is 11.4. The number of nitrogens with two attached hydrogens (primary N) is 1. The Bertz CT molecular complexity index is 310. The standard InChI is InChI=1S/C10H17N3O2S.ClH/c1-12-9(14)7-4-6(7)8(11)10(15)13-2-3-16-5-13;/h6-8H,2-5,11H2,1H3,(H,12,14);1H/t6-,7+,8+;/m1./s1. The molecule has 2 aliphatic rings. The molecule has 1 aliphatic heterocycles. The lowest BCUT2D eigenvalue weighted by Crippen LogP contribution is -2.44. The molecule has 0 aromatic heterocycles. The summed E-state index contributed by atoms with van der Waals surface area (Å²) in [6.45, 7) is 0.786. The van der Waals surface area contributed by atoms with Crippen molar-refractivity contribution in [3.05, 3.63) is 0 Å². The van der Waals surface area contributed by atoms with Gasteiger partial charge in [-0.3, -0.25) is 9.59 Å². The van der Waals surface area contributed by atoms with E-state index in [0.717, 1.165) is 24.6 Å². The highest BCUT2D eigenvalue weighted by Gasteiger charge is 2.49. The molecule has 7 heteroatoms. The molecule has 98 valence electrons. The average molecular weight is 280 g/mol. The van der Waals surface area contributed by atoms with Crippen molar-refractivity contribution in [2.45, 2.75) is 12.5 Å². The van der Waals surface area contributed by atoms with E-state index < -0.39 is 6.04 Å². The molecule has 0 bridgehead atoms. The van der Waals surface area contributed by atoms with Gasteiger partial charge in [0.1, 0.15) is 0 Å². The van der Waals surface area contributed by atoms with Gasteiger partial charge in [-0.1, -0.05) is 0 Å². The molecule has 0 unspecified atom stereocenters. The fourth-order valence-electron chi connectivity index (χ4n) is 2.08. The maximum Gasteiger partial charge on any atom is 0.240 e. The molecule has 2 rings (SSSR count). The molecule has 3 N–H and O–H groups in total. The highest BCUT2D eigenvalue weighted by atomic mass is 35.5. The molecule has 2 amide bonds. The summed E-state index contributed by atoms with van der Waals surface area (Å²) in [6.07, 6.45) is 0.744. The van der Waals surface area contributed by atoms with Gasteiger partial charge < -0.3 is 16.0 Å². The summed E-state index contributed by atoms with van der Waals surface area (Å²) in [5, 5.41) is 2.60. The van der Waals surface area contributed by atoms with Gasteiger partial charge >= 0.3 is 0 Å². The van der Waals surface area contributed by atoms with Gasteiger partial charge in [-0.05, 0) is 12.3 Å². The molecule has 0 aromatic carbocycles. The van der Waals surface area contributed by atoms with Crippen molar-refractivity contribution in [3.63, 3.8) is 0 Å². The lowest BCUT2D eigenvalue weighted by Gasteiger charge is -2.19. The van der Waals surface area contributed by atoms with Crippen molar-refractivity contribution in [2.24, 2.45) is 17.6 Å². The topological polar surface area (TPSA) is 75.4 Å². The first-order chi connectivity index (χ1) is 7.65. The number of hydrogen-bond donors (Lipinski definition) is 2. The minimum absolute atomic E-state index is 0. The van der Waals surface area contributed by atoms with E-state index in [1.54, 1.807) is 23.7 Å². The predicted molar refractivity (Wildman–Crippen MR) is 69.9 cm³/mol. The Labute approximate surface area is 111 Å². The Hall–Kier alpha value is -0.460. The second kappa shape index (κ2) is 5.93. The lowest BCUT2D eigenvalue weighted by atomic mass is 10.1. The van der Waals surface area contributed by atoms with Crippen LogP contribution in [0.5, 0.6) is 0 Å². The lowest BCUT2D eigenvalue weighted by molar-refractivity contribution is -0.131. The summed E-state index contributed by atoms with van der Waals surface area (Å²) in [7, 11) is 1.61. The smallest absolute Gasteiger partial charge is 0.240 e. The normalized spacial score (nSPS) is 28.2. The molecule has 0 radical (unpaired) electrons. The summed E-state index contributed by atoms with van der Waals surface area (Å²) in [4.78, 5) is 25.1. The van der Waals surface area contributed by atoms with Gasteiger partial charge in [0.05, 0.1) is 11.9 Å². The highest BCUT2D eigenvalue weighted by molar-refractivity contribution is 7.99. The van der Waals surface area contributed by atoms with E-state index in [9.17, 15) is 9.59 Å². The van der Waals surface area contributed by atoms with Crippen molar-refractivity contribution in [1.82, 2.24) is 10.2 Å². The maximum absolute atomic E-state index is 11.9. The van der Waals surface area contributed by atoms with Crippen LogP contribution in [0.4, 0.5) is 0 Å². The molecular formula is C10H18ClN3O2S. The number of nitrogens with zero attached hydrogens (tertiary/aromatic N) is 1. The van der Waals surface area contributed by atoms with Gasteiger partial charge in [0.25, 0.3) is 0 Å². The van der Waals surface area contributed by atoms with Crippen molar-refractivity contribution >= 4 is 36.0 Å². The van der Waals surface area contributed by atoms with E-state index in [1.165, 1.54) is 0 Å². The molecule has 5 nitrogen and oxygen atoms in total. The summed E-state index contributed by atoms with van der Waals surface area (Å²) < 4.78 is 0. The van der Waals surface area contributed by atoms with Crippen LogP contribution in [-0.2, 0) is 9.59 Å². The minimum atomic E-state index is -0.499. The summed E-state index contributed by atoms with van der Waals surface area (Å²) in [6, 6.07) is -0.499. The molecule has 2 fully saturated rings. The molecule has 17 heavy (non-hydrogen) atoms. The van der Waals surface area contributed by atoms with E-state index in [1.807, 2.05) is 0 Å². The maximum atomic E-state index is 11.9. The van der Waals surface area contributed by atoms with Crippen LogP contribution < -0.4 is 11.1 Å². The van der Waals surface area contributed by atoms with Crippen molar-refractivity contribution in [3.8, 4) is 0 Å². The molecule has 1 saturated carbocycles. The summed E-state index contributed by atoms with van der Waals surface area (Å²) in [5.41, 5.74) is 5.90. The van der Waals surface area contributed by atoms with Gasteiger partial charge in [0.15, 0.2) is 0 Å². The number of carbonyl (C=O) groups is 2. The largest absolute Gasteiger partial charge is 0.359 e. The summed E-state index contributed by atoms with van der Waals surface area (Å²) in [5.74, 6) is 1.72. The first kappa shape index (κ1) is 14.6. The molecule has 1 saturated heterocycles. The monoisotopic (exact) mass is 279 g/mol. The van der Waals surface area contributed by atoms with Crippen molar-refractivity contribution in [1.29, 1.82) is 0 Å².